The molecule has 0 bridgehead atoms. The summed E-state index contributed by atoms with van der Waals surface area (Å²) in [6.07, 6.45) is 1.77. The molecular weight excluding hydrogens is 278 g/mol. The Kier molecular flexibility index (Phi) is 3.86. The molecule has 21 heavy (non-hydrogen) atoms. The van der Waals surface area contributed by atoms with E-state index in [2.05, 4.69) is 4.98 Å². The van der Waals surface area contributed by atoms with E-state index in [0.717, 1.165) is 16.1 Å². The SMILES string of the molecule is C[C@@](O)(c1cccs1)[C@H](c1ccccc1)c1ccccn1. The quantitative estimate of drug-likeness (QED) is 0.783. The van der Waals surface area contributed by atoms with Crippen LogP contribution in [0.25, 0.3) is 0 Å². The summed E-state index contributed by atoms with van der Waals surface area (Å²) < 4.78 is 0. The Morgan fingerprint density at radius 3 is 2.38 bits per heavy atom. The van der Waals surface area contributed by atoms with E-state index in [-0.39, 0.29) is 5.92 Å². The lowest BCUT2D eigenvalue weighted by Gasteiger charge is -2.32. The van der Waals surface area contributed by atoms with Crippen LogP contribution in [0.2, 0.25) is 0 Å². The lowest BCUT2D eigenvalue weighted by Crippen LogP contribution is -2.30. The minimum absolute atomic E-state index is 0.196. The number of thiophene rings is 1. The van der Waals surface area contributed by atoms with Crippen molar-refractivity contribution in [3.63, 3.8) is 0 Å². The van der Waals surface area contributed by atoms with Crippen LogP contribution in [0.1, 0.15) is 29.0 Å². The number of aromatic nitrogens is 1. The lowest BCUT2D eigenvalue weighted by atomic mass is 9.80. The first-order chi connectivity index (χ1) is 10.2. The average Bonchev–Trinajstić information content (AvgIpc) is 3.04. The van der Waals surface area contributed by atoms with Crippen molar-refractivity contribution < 1.29 is 5.11 Å². The molecule has 3 heteroatoms. The average molecular weight is 295 g/mol. The van der Waals surface area contributed by atoms with Crippen LogP contribution in [0, 0.1) is 0 Å². The molecule has 0 aliphatic carbocycles. The van der Waals surface area contributed by atoms with Crippen molar-refractivity contribution in [2.75, 3.05) is 0 Å². The molecule has 2 heterocycles. The summed E-state index contributed by atoms with van der Waals surface area (Å²) in [5.74, 6) is -0.196. The van der Waals surface area contributed by atoms with Crippen LogP contribution >= 0.6 is 11.3 Å². The molecule has 106 valence electrons. The molecule has 1 aromatic carbocycles. The monoisotopic (exact) mass is 295 g/mol. The van der Waals surface area contributed by atoms with Crippen molar-refractivity contribution in [2.45, 2.75) is 18.4 Å². The maximum atomic E-state index is 11.2. The molecule has 0 spiro atoms. The second kappa shape index (κ2) is 5.80. The number of nitrogens with zero attached hydrogens (tertiary/aromatic N) is 1. The Morgan fingerprint density at radius 2 is 1.76 bits per heavy atom. The first kappa shape index (κ1) is 14.0. The molecule has 2 nitrogen and oxygen atoms in total. The number of aliphatic hydroxyl groups is 1. The van der Waals surface area contributed by atoms with Gasteiger partial charge in [0.25, 0.3) is 0 Å². The van der Waals surface area contributed by atoms with Gasteiger partial charge in [-0.3, -0.25) is 4.98 Å². The van der Waals surface area contributed by atoms with Crippen molar-refractivity contribution >= 4 is 11.3 Å². The normalized spacial score (nSPS) is 15.3. The highest BCUT2D eigenvalue weighted by Gasteiger charge is 2.37. The Bertz CT molecular complexity index is 638. The molecule has 3 rings (SSSR count). The fraction of sp³-hybridized carbons (Fsp3) is 0.167. The van der Waals surface area contributed by atoms with Crippen LogP contribution in [0.4, 0.5) is 0 Å². The second-order valence-electron chi connectivity index (χ2n) is 5.22. The zero-order valence-corrected chi connectivity index (χ0v) is 12.6. The van der Waals surface area contributed by atoms with Gasteiger partial charge in [-0.15, -0.1) is 11.3 Å². The van der Waals surface area contributed by atoms with E-state index in [1.54, 1.807) is 17.5 Å². The van der Waals surface area contributed by atoms with Crippen molar-refractivity contribution in [1.82, 2.24) is 4.98 Å². The number of hydrogen-bond acceptors (Lipinski definition) is 3. The molecule has 0 unspecified atom stereocenters. The number of benzene rings is 1. The Balaban J connectivity index is 2.13. The third-order valence-electron chi connectivity index (χ3n) is 3.70. The molecule has 0 radical (unpaired) electrons. The molecule has 0 fully saturated rings. The molecule has 2 aromatic heterocycles. The summed E-state index contributed by atoms with van der Waals surface area (Å²) in [6.45, 7) is 1.87. The molecule has 0 saturated carbocycles. The summed E-state index contributed by atoms with van der Waals surface area (Å²) >= 11 is 1.57. The zero-order chi connectivity index (χ0) is 14.7. The smallest absolute Gasteiger partial charge is 0.108 e. The first-order valence-corrected chi connectivity index (χ1v) is 7.80. The van der Waals surface area contributed by atoms with Crippen molar-refractivity contribution in [1.29, 1.82) is 0 Å². The van der Waals surface area contributed by atoms with Gasteiger partial charge < -0.3 is 5.11 Å². The highest BCUT2D eigenvalue weighted by atomic mass is 32.1. The number of pyridine rings is 1. The predicted molar refractivity (Wildman–Crippen MR) is 86.4 cm³/mol. The fourth-order valence-electron chi connectivity index (χ4n) is 2.68. The molecule has 0 saturated heterocycles. The summed E-state index contributed by atoms with van der Waals surface area (Å²) in [5.41, 5.74) is 0.945. The second-order valence-corrected chi connectivity index (χ2v) is 6.17. The maximum absolute atomic E-state index is 11.2. The standard InChI is InChI=1S/C18H17NOS/c1-18(20,16-11-7-13-21-16)17(14-8-3-2-4-9-14)15-10-5-6-12-19-15/h2-13,17,20H,1H3/t17-,18-/m1/s1. The molecule has 1 N–H and O–H groups in total. The Labute approximate surface area is 128 Å². The van der Waals surface area contributed by atoms with E-state index >= 15 is 0 Å². The van der Waals surface area contributed by atoms with Gasteiger partial charge in [0.15, 0.2) is 0 Å². The van der Waals surface area contributed by atoms with Crippen molar-refractivity contribution in [2.24, 2.45) is 0 Å². The van der Waals surface area contributed by atoms with Crippen molar-refractivity contribution in [3.05, 3.63) is 88.4 Å². The first-order valence-electron chi connectivity index (χ1n) is 6.92. The Hall–Kier alpha value is -1.97. The Morgan fingerprint density at radius 1 is 1.00 bits per heavy atom. The van der Waals surface area contributed by atoms with E-state index in [9.17, 15) is 5.11 Å². The number of rotatable bonds is 4. The summed E-state index contributed by atoms with van der Waals surface area (Å²) in [7, 11) is 0. The maximum Gasteiger partial charge on any atom is 0.108 e. The van der Waals surface area contributed by atoms with Gasteiger partial charge >= 0.3 is 0 Å². The summed E-state index contributed by atoms with van der Waals surface area (Å²) in [6, 6.07) is 19.8. The van der Waals surface area contributed by atoms with Crippen LogP contribution < -0.4 is 0 Å². The highest BCUT2D eigenvalue weighted by Crippen LogP contribution is 2.42. The molecule has 3 aromatic rings. The van der Waals surface area contributed by atoms with E-state index in [4.69, 9.17) is 0 Å². The predicted octanol–water partition coefficient (Wildman–Crippen LogP) is 4.18. The van der Waals surface area contributed by atoms with Gasteiger partial charge in [-0.2, -0.15) is 0 Å². The van der Waals surface area contributed by atoms with E-state index < -0.39 is 5.60 Å². The molecule has 0 aliphatic rings. The molecular formula is C18H17NOS. The van der Waals surface area contributed by atoms with Crippen LogP contribution in [-0.2, 0) is 5.60 Å². The van der Waals surface area contributed by atoms with Crippen molar-refractivity contribution in [3.8, 4) is 0 Å². The van der Waals surface area contributed by atoms with Crippen LogP contribution in [0.15, 0.2) is 72.2 Å². The zero-order valence-electron chi connectivity index (χ0n) is 11.8. The van der Waals surface area contributed by atoms with E-state index in [0.29, 0.717) is 0 Å². The largest absolute Gasteiger partial charge is 0.384 e. The van der Waals surface area contributed by atoms with Gasteiger partial charge in [0.2, 0.25) is 0 Å². The van der Waals surface area contributed by atoms with Crippen LogP contribution in [0.3, 0.4) is 0 Å². The van der Waals surface area contributed by atoms with Gasteiger partial charge in [0.05, 0.1) is 11.6 Å². The van der Waals surface area contributed by atoms with Crippen LogP contribution in [-0.4, -0.2) is 10.1 Å². The van der Waals surface area contributed by atoms with Gasteiger partial charge in [-0.05, 0) is 36.1 Å². The van der Waals surface area contributed by atoms with Crippen LogP contribution in [0.5, 0.6) is 0 Å². The van der Waals surface area contributed by atoms with Gasteiger partial charge in [0.1, 0.15) is 5.60 Å². The topological polar surface area (TPSA) is 33.1 Å². The summed E-state index contributed by atoms with van der Waals surface area (Å²) in [4.78, 5) is 5.42. The lowest BCUT2D eigenvalue weighted by molar-refractivity contribution is 0.0418. The number of hydrogen-bond donors (Lipinski definition) is 1. The summed E-state index contributed by atoms with van der Waals surface area (Å²) in [5, 5.41) is 13.2. The fourth-order valence-corrected chi connectivity index (χ4v) is 3.50. The highest BCUT2D eigenvalue weighted by molar-refractivity contribution is 7.10. The molecule has 2 atom stereocenters. The van der Waals surface area contributed by atoms with Gasteiger partial charge in [-0.1, -0.05) is 42.5 Å². The minimum atomic E-state index is -0.996. The third kappa shape index (κ3) is 2.75. The molecule has 0 amide bonds. The van der Waals surface area contributed by atoms with Gasteiger partial charge in [-0.25, -0.2) is 0 Å². The third-order valence-corrected chi connectivity index (χ3v) is 4.80. The minimum Gasteiger partial charge on any atom is -0.384 e. The van der Waals surface area contributed by atoms with E-state index in [1.165, 1.54) is 0 Å². The molecule has 0 aliphatic heterocycles. The van der Waals surface area contributed by atoms with Gasteiger partial charge in [0, 0.05) is 11.1 Å². The van der Waals surface area contributed by atoms with E-state index in [1.807, 2.05) is 73.0 Å².